The second kappa shape index (κ2) is 5.24. The van der Waals surface area contributed by atoms with E-state index in [0.29, 0.717) is 13.2 Å². The number of rotatable bonds is 3. The number of nitro benzene ring substituents is 1. The highest BCUT2D eigenvalue weighted by Gasteiger charge is 2.63. The number of hydrogen-bond acceptors (Lipinski definition) is 6. The summed E-state index contributed by atoms with van der Waals surface area (Å²) in [6.07, 6.45) is 3.74. The number of aliphatic hydroxyl groups is 1. The number of benzene rings is 1. The highest BCUT2D eigenvalue weighted by molar-refractivity contribution is 5.34. The summed E-state index contributed by atoms with van der Waals surface area (Å²) in [7, 11) is 0. The first-order valence-electron chi connectivity index (χ1n) is 8.01. The molecule has 1 saturated carbocycles. The van der Waals surface area contributed by atoms with Gasteiger partial charge in [0.1, 0.15) is 12.0 Å². The van der Waals surface area contributed by atoms with E-state index in [1.54, 1.807) is 12.1 Å². The number of aliphatic hydroxyl groups excluding tert-OH is 1. The van der Waals surface area contributed by atoms with Gasteiger partial charge in [-0.05, 0) is 43.4 Å². The zero-order chi connectivity index (χ0) is 16.1. The largest absolute Gasteiger partial charge is 0.394 e. The van der Waals surface area contributed by atoms with Gasteiger partial charge >= 0.3 is 0 Å². The van der Waals surface area contributed by atoms with E-state index in [0.717, 1.165) is 31.2 Å². The number of fused-ring (bicyclic) bond motifs is 2. The summed E-state index contributed by atoms with van der Waals surface area (Å²) in [5.41, 5.74) is 0.0544. The van der Waals surface area contributed by atoms with Crippen molar-refractivity contribution in [2.45, 2.75) is 43.2 Å². The van der Waals surface area contributed by atoms with Gasteiger partial charge in [0.2, 0.25) is 0 Å². The van der Waals surface area contributed by atoms with Gasteiger partial charge in [-0.1, -0.05) is 0 Å². The molecule has 4 rings (SSSR count). The fourth-order valence-corrected chi connectivity index (χ4v) is 4.21. The van der Waals surface area contributed by atoms with Crippen molar-refractivity contribution in [3.05, 3.63) is 39.9 Å². The first kappa shape index (κ1) is 15.0. The Hall–Kier alpha value is -1.54. The Balaban J connectivity index is 1.70. The first-order chi connectivity index (χ1) is 11.1. The highest BCUT2D eigenvalue weighted by Crippen LogP contribution is 2.53. The molecule has 0 unspecified atom stereocenters. The summed E-state index contributed by atoms with van der Waals surface area (Å²) < 4.78 is 12.2. The van der Waals surface area contributed by atoms with E-state index in [-0.39, 0.29) is 24.2 Å². The van der Waals surface area contributed by atoms with Crippen molar-refractivity contribution in [1.29, 1.82) is 0 Å². The quantitative estimate of drug-likeness (QED) is 0.677. The van der Waals surface area contributed by atoms with E-state index >= 15 is 0 Å². The van der Waals surface area contributed by atoms with Gasteiger partial charge in [-0.15, -0.1) is 0 Å². The van der Waals surface area contributed by atoms with Crippen molar-refractivity contribution in [2.24, 2.45) is 0 Å². The molecule has 0 amide bonds. The molecule has 2 atom stereocenters. The normalized spacial score (nSPS) is 32.5. The topological polar surface area (TPSA) is 85.1 Å². The van der Waals surface area contributed by atoms with Crippen molar-refractivity contribution >= 4 is 5.69 Å². The van der Waals surface area contributed by atoms with Crippen LogP contribution in [0.4, 0.5) is 5.69 Å². The van der Waals surface area contributed by atoms with Gasteiger partial charge in [-0.2, -0.15) is 0 Å². The maximum absolute atomic E-state index is 10.8. The van der Waals surface area contributed by atoms with E-state index < -0.39 is 10.5 Å². The third-order valence-electron chi connectivity index (χ3n) is 5.37. The van der Waals surface area contributed by atoms with Gasteiger partial charge < -0.3 is 14.6 Å². The Kier molecular flexibility index (Phi) is 3.42. The van der Waals surface area contributed by atoms with E-state index in [9.17, 15) is 15.2 Å². The van der Waals surface area contributed by atoms with Crippen LogP contribution in [-0.2, 0) is 9.47 Å². The van der Waals surface area contributed by atoms with Crippen LogP contribution in [-0.4, -0.2) is 46.0 Å². The Labute approximate surface area is 133 Å². The molecule has 1 aliphatic carbocycles. The van der Waals surface area contributed by atoms with Crippen LogP contribution in [0.1, 0.15) is 37.5 Å². The van der Waals surface area contributed by atoms with Crippen LogP contribution in [0.25, 0.3) is 0 Å². The minimum Gasteiger partial charge on any atom is -0.394 e. The molecular formula is C16H20N2O5. The van der Waals surface area contributed by atoms with Crippen LogP contribution in [0.15, 0.2) is 24.3 Å². The second-order valence-corrected chi connectivity index (χ2v) is 6.71. The fraction of sp³-hybridized carbons (Fsp3) is 0.625. The molecule has 2 aliphatic heterocycles. The van der Waals surface area contributed by atoms with Crippen LogP contribution in [0.3, 0.4) is 0 Å². The Morgan fingerprint density at radius 3 is 2.57 bits per heavy atom. The van der Waals surface area contributed by atoms with Crippen LogP contribution in [0.2, 0.25) is 0 Å². The molecule has 0 radical (unpaired) electrons. The SMILES string of the molecule is O=[N+]([O-])c1ccc([C@H]2OC[C@]3(CO)COC4(CCCC4)N23)cc1. The second-order valence-electron chi connectivity index (χ2n) is 6.71. The van der Waals surface area contributed by atoms with E-state index in [2.05, 4.69) is 4.90 Å². The average Bonchev–Trinajstić information content (AvgIpc) is 3.25. The van der Waals surface area contributed by atoms with E-state index in [1.165, 1.54) is 12.1 Å². The number of non-ortho nitro benzene ring substituents is 1. The summed E-state index contributed by atoms with van der Waals surface area (Å²) >= 11 is 0. The molecule has 3 fully saturated rings. The van der Waals surface area contributed by atoms with Crippen molar-refractivity contribution in [3.63, 3.8) is 0 Å². The average molecular weight is 320 g/mol. The molecular weight excluding hydrogens is 300 g/mol. The van der Waals surface area contributed by atoms with Crippen molar-refractivity contribution in [3.8, 4) is 0 Å². The summed E-state index contributed by atoms with van der Waals surface area (Å²) in [5.74, 6) is 0. The molecule has 3 aliphatic rings. The Morgan fingerprint density at radius 1 is 1.26 bits per heavy atom. The van der Waals surface area contributed by atoms with Crippen LogP contribution >= 0.6 is 0 Å². The van der Waals surface area contributed by atoms with E-state index in [1.807, 2.05) is 0 Å². The van der Waals surface area contributed by atoms with Crippen molar-refractivity contribution in [2.75, 3.05) is 19.8 Å². The van der Waals surface area contributed by atoms with Gasteiger partial charge in [-0.25, -0.2) is 4.90 Å². The van der Waals surface area contributed by atoms with Crippen molar-refractivity contribution < 1.29 is 19.5 Å². The smallest absolute Gasteiger partial charge is 0.269 e. The van der Waals surface area contributed by atoms with Gasteiger partial charge in [-0.3, -0.25) is 10.1 Å². The zero-order valence-electron chi connectivity index (χ0n) is 12.8. The molecule has 1 N–H and O–H groups in total. The number of hydrogen-bond donors (Lipinski definition) is 1. The molecule has 1 aromatic carbocycles. The predicted molar refractivity (Wildman–Crippen MR) is 80.6 cm³/mol. The Morgan fingerprint density at radius 2 is 1.96 bits per heavy atom. The third kappa shape index (κ3) is 2.11. The van der Waals surface area contributed by atoms with Gasteiger partial charge in [0.05, 0.1) is 30.3 Å². The summed E-state index contributed by atoms with van der Waals surface area (Å²) in [4.78, 5) is 12.6. The molecule has 124 valence electrons. The number of ether oxygens (including phenoxy) is 2. The van der Waals surface area contributed by atoms with Crippen molar-refractivity contribution in [1.82, 2.24) is 4.90 Å². The Bertz CT molecular complexity index is 613. The van der Waals surface area contributed by atoms with Gasteiger partial charge in [0.25, 0.3) is 5.69 Å². The lowest BCUT2D eigenvalue weighted by atomic mass is 9.98. The summed E-state index contributed by atoms with van der Waals surface area (Å²) in [6.45, 7) is 0.859. The summed E-state index contributed by atoms with van der Waals surface area (Å²) in [5, 5.41) is 20.8. The first-order valence-corrected chi connectivity index (χ1v) is 8.01. The van der Waals surface area contributed by atoms with Crippen LogP contribution in [0.5, 0.6) is 0 Å². The lowest BCUT2D eigenvalue weighted by Gasteiger charge is -2.39. The molecule has 23 heavy (non-hydrogen) atoms. The molecule has 2 heterocycles. The van der Waals surface area contributed by atoms with Crippen LogP contribution < -0.4 is 0 Å². The minimum atomic E-state index is -0.503. The third-order valence-corrected chi connectivity index (χ3v) is 5.37. The van der Waals surface area contributed by atoms with Gasteiger partial charge in [0.15, 0.2) is 0 Å². The molecule has 1 spiro atoms. The maximum Gasteiger partial charge on any atom is 0.269 e. The maximum atomic E-state index is 10.8. The number of nitro groups is 1. The molecule has 2 saturated heterocycles. The minimum absolute atomic E-state index is 0.0156. The molecule has 7 nitrogen and oxygen atoms in total. The lowest BCUT2D eigenvalue weighted by molar-refractivity contribution is -0.384. The molecule has 1 aromatic rings. The predicted octanol–water partition coefficient (Wildman–Crippen LogP) is 1.96. The van der Waals surface area contributed by atoms with Crippen LogP contribution in [0, 0.1) is 10.1 Å². The molecule has 0 aromatic heterocycles. The van der Waals surface area contributed by atoms with E-state index in [4.69, 9.17) is 9.47 Å². The monoisotopic (exact) mass is 320 g/mol. The zero-order valence-corrected chi connectivity index (χ0v) is 12.8. The lowest BCUT2D eigenvalue weighted by Crippen LogP contribution is -2.54. The van der Waals surface area contributed by atoms with Gasteiger partial charge in [0, 0.05) is 12.1 Å². The highest BCUT2D eigenvalue weighted by atomic mass is 16.6. The standard InChI is InChI=1S/C16H20N2O5/c19-9-15-10-22-14(12-3-5-13(6-4-12)18(20)21)17(15)16(23-11-15)7-1-2-8-16/h3-6,14,19H,1-2,7-11H2/t14-,15-/m1/s1. The fourth-order valence-electron chi connectivity index (χ4n) is 4.21. The number of nitrogens with zero attached hydrogens (tertiary/aromatic N) is 2. The summed E-state index contributed by atoms with van der Waals surface area (Å²) in [6, 6.07) is 6.46. The molecule has 7 heteroatoms. The molecule has 0 bridgehead atoms.